The first kappa shape index (κ1) is 11.4. The molecule has 0 aromatic carbocycles. The quantitative estimate of drug-likeness (QED) is 0.488. The van der Waals surface area contributed by atoms with E-state index in [0.29, 0.717) is 6.61 Å². The first-order valence-electron chi connectivity index (χ1n) is 4.73. The van der Waals surface area contributed by atoms with E-state index >= 15 is 0 Å². The maximum atomic E-state index is 8.61. The van der Waals surface area contributed by atoms with Gasteiger partial charge in [-0.15, -0.1) is 0 Å². The molecule has 0 aromatic rings. The van der Waals surface area contributed by atoms with Gasteiger partial charge < -0.3 is 0 Å². The molecule has 0 amide bonds. The van der Waals surface area contributed by atoms with Crippen molar-refractivity contribution in [1.29, 1.82) is 0 Å². The summed E-state index contributed by atoms with van der Waals surface area (Å²) >= 11 is 0. The molecule has 0 atom stereocenters. The van der Waals surface area contributed by atoms with Gasteiger partial charge in [0.05, 0.1) is 0 Å². The van der Waals surface area contributed by atoms with E-state index in [1.54, 1.807) is 0 Å². The van der Waals surface area contributed by atoms with Crippen molar-refractivity contribution in [3.05, 3.63) is 0 Å². The number of hydrogen-bond acceptors (Lipinski definition) is 1. The Morgan fingerprint density at radius 1 is 1.09 bits per heavy atom. The molecule has 1 N–H and O–H groups in total. The molecule has 2 heteroatoms. The predicted molar refractivity (Wildman–Crippen MR) is 56.5 cm³/mol. The van der Waals surface area contributed by atoms with Crippen molar-refractivity contribution in [3.8, 4) is 0 Å². The molecule has 0 heterocycles. The molecule has 0 unspecified atom stereocenters. The molecule has 0 bridgehead atoms. The molecule has 70 valence electrons. The van der Waals surface area contributed by atoms with Crippen molar-refractivity contribution in [2.75, 3.05) is 32.3 Å². The Balaban J connectivity index is 3.38. The molecule has 0 radical (unpaired) electrons. The Bertz CT molecular complexity index is 91.6. The zero-order valence-electron chi connectivity index (χ0n) is 8.19. The summed E-state index contributed by atoms with van der Waals surface area (Å²) in [4.78, 5) is 0. The van der Waals surface area contributed by atoms with Gasteiger partial charge in [0.25, 0.3) is 0 Å². The van der Waals surface area contributed by atoms with Crippen molar-refractivity contribution < 1.29 is 5.11 Å². The Hall–Kier alpha value is 0.390. The topological polar surface area (TPSA) is 20.2 Å². The number of aliphatic hydroxyl groups is 1. The standard InChI is InChI=1S/C9H23OP/c1-4-8-11(2,3)9-6-5-7-10/h10-11H,4-9H2,1-3H3. The average molecular weight is 178 g/mol. The number of hydrogen-bond donors (Lipinski definition) is 1. The van der Waals surface area contributed by atoms with Gasteiger partial charge in [-0.25, -0.2) is 0 Å². The molecular weight excluding hydrogens is 155 g/mol. The van der Waals surface area contributed by atoms with Crippen LogP contribution in [0.25, 0.3) is 0 Å². The minimum absolute atomic E-state index is 0.372. The van der Waals surface area contributed by atoms with Gasteiger partial charge in [-0.3, -0.25) is 0 Å². The van der Waals surface area contributed by atoms with Gasteiger partial charge in [-0.05, 0) is 0 Å². The summed E-state index contributed by atoms with van der Waals surface area (Å²) in [6.45, 7) is 7.54. The first-order valence-corrected chi connectivity index (χ1v) is 8.14. The summed E-state index contributed by atoms with van der Waals surface area (Å²) in [6.07, 6.45) is 6.40. The van der Waals surface area contributed by atoms with Gasteiger partial charge in [-0.2, -0.15) is 0 Å². The second kappa shape index (κ2) is 5.97. The van der Waals surface area contributed by atoms with Crippen LogP contribution in [-0.2, 0) is 0 Å². The minimum atomic E-state index is -0.852. The molecule has 11 heavy (non-hydrogen) atoms. The number of unbranched alkanes of at least 4 members (excludes halogenated alkanes) is 1. The van der Waals surface area contributed by atoms with E-state index < -0.39 is 7.26 Å². The third-order valence-corrected chi connectivity index (χ3v) is 5.75. The van der Waals surface area contributed by atoms with Gasteiger partial charge in [0.1, 0.15) is 0 Å². The van der Waals surface area contributed by atoms with Crippen LogP contribution in [0, 0.1) is 0 Å². The summed E-state index contributed by atoms with van der Waals surface area (Å²) < 4.78 is 0. The van der Waals surface area contributed by atoms with E-state index in [0.717, 1.165) is 6.42 Å². The van der Waals surface area contributed by atoms with E-state index in [-0.39, 0.29) is 0 Å². The van der Waals surface area contributed by atoms with Crippen LogP contribution in [0.15, 0.2) is 0 Å². The zero-order valence-corrected chi connectivity index (χ0v) is 9.19. The monoisotopic (exact) mass is 178 g/mol. The first-order chi connectivity index (χ1) is 5.12. The Labute approximate surface area is 71.5 Å². The summed E-state index contributed by atoms with van der Waals surface area (Å²) in [6, 6.07) is 0. The third-order valence-electron chi connectivity index (χ3n) is 2.19. The van der Waals surface area contributed by atoms with Crippen LogP contribution in [0.1, 0.15) is 26.2 Å². The van der Waals surface area contributed by atoms with Crippen LogP contribution in [0.5, 0.6) is 0 Å². The fourth-order valence-electron chi connectivity index (χ4n) is 1.52. The molecule has 0 saturated heterocycles. The number of aliphatic hydroxyl groups excluding tert-OH is 1. The molecule has 0 spiro atoms. The van der Waals surface area contributed by atoms with Crippen molar-refractivity contribution in [2.24, 2.45) is 0 Å². The molecule has 0 rings (SSSR count). The van der Waals surface area contributed by atoms with Crippen LogP contribution in [0.3, 0.4) is 0 Å². The van der Waals surface area contributed by atoms with Gasteiger partial charge in [0.15, 0.2) is 0 Å². The zero-order chi connectivity index (χ0) is 8.74. The molecule has 0 aliphatic rings. The van der Waals surface area contributed by atoms with Crippen molar-refractivity contribution in [3.63, 3.8) is 0 Å². The Morgan fingerprint density at radius 2 is 1.73 bits per heavy atom. The van der Waals surface area contributed by atoms with Crippen LogP contribution < -0.4 is 0 Å². The second-order valence-electron chi connectivity index (χ2n) is 4.09. The summed E-state index contributed by atoms with van der Waals surface area (Å²) in [7, 11) is -0.852. The maximum absolute atomic E-state index is 8.61. The van der Waals surface area contributed by atoms with Gasteiger partial charge in [-0.1, -0.05) is 0 Å². The van der Waals surface area contributed by atoms with Gasteiger partial charge in [0.2, 0.25) is 0 Å². The van der Waals surface area contributed by atoms with Gasteiger partial charge in [0, 0.05) is 0 Å². The molecule has 0 aliphatic carbocycles. The van der Waals surface area contributed by atoms with Crippen LogP contribution in [0.2, 0.25) is 0 Å². The predicted octanol–water partition coefficient (Wildman–Crippen LogP) is 2.18. The van der Waals surface area contributed by atoms with Crippen LogP contribution >= 0.6 is 7.26 Å². The van der Waals surface area contributed by atoms with Crippen molar-refractivity contribution in [2.45, 2.75) is 26.2 Å². The third kappa shape index (κ3) is 6.77. The van der Waals surface area contributed by atoms with E-state index in [1.807, 2.05) is 0 Å². The summed E-state index contributed by atoms with van der Waals surface area (Å²) in [5.74, 6) is 0. The van der Waals surface area contributed by atoms with Crippen molar-refractivity contribution >= 4 is 7.26 Å². The summed E-state index contributed by atoms with van der Waals surface area (Å²) in [5.41, 5.74) is 0. The molecule has 1 nitrogen and oxygen atoms in total. The van der Waals surface area contributed by atoms with E-state index in [2.05, 4.69) is 20.3 Å². The molecule has 0 aromatic heterocycles. The van der Waals surface area contributed by atoms with E-state index in [1.165, 1.54) is 25.2 Å². The fourth-order valence-corrected chi connectivity index (χ4v) is 4.33. The SMILES string of the molecule is CCC[PH](C)(C)CCCCO. The Morgan fingerprint density at radius 3 is 2.18 bits per heavy atom. The van der Waals surface area contributed by atoms with Crippen molar-refractivity contribution in [1.82, 2.24) is 0 Å². The second-order valence-corrected chi connectivity index (χ2v) is 9.42. The molecular formula is C9H23OP. The normalized spacial score (nSPS) is 13.5. The molecule has 0 aliphatic heterocycles. The summed E-state index contributed by atoms with van der Waals surface area (Å²) in [5, 5.41) is 8.61. The molecule has 0 fully saturated rings. The fraction of sp³-hybridized carbons (Fsp3) is 1.00. The number of rotatable bonds is 6. The van der Waals surface area contributed by atoms with Crippen LogP contribution in [0.4, 0.5) is 0 Å². The van der Waals surface area contributed by atoms with Gasteiger partial charge >= 0.3 is 70.8 Å². The molecule has 0 saturated carbocycles. The van der Waals surface area contributed by atoms with Crippen LogP contribution in [-0.4, -0.2) is 37.4 Å². The van der Waals surface area contributed by atoms with E-state index in [9.17, 15) is 0 Å². The Kier molecular flexibility index (Phi) is 6.18. The average Bonchev–Trinajstić information content (AvgIpc) is 1.87. The van der Waals surface area contributed by atoms with E-state index in [4.69, 9.17) is 5.11 Å².